The maximum atomic E-state index is 13.3. The first-order valence-electron chi connectivity index (χ1n) is 10.9. The standard InChI is InChI=1S/C24H32N4O5S/c1-24(2,3)33-23(30)27-21(15-18-9-5-4-6-10-18)22(29)17-28(14-8-13-25)34(31,32)20-12-7-11-19(26)16-20/h4-7,9-12,16,21-22,29H,8,14-15,17,26H2,1-3H3,(H,27,30)/t21-,22+/m0/s1. The molecule has 0 spiro atoms. The molecule has 2 aromatic carbocycles. The van der Waals surface area contributed by atoms with E-state index in [0.717, 1.165) is 9.87 Å². The SMILES string of the molecule is CC(C)(C)OC(=O)N[C@@H](Cc1ccccc1)[C@H](O)CN(CCC#N)S(=O)(=O)c1cccc(N)c1. The van der Waals surface area contributed by atoms with Crippen molar-refractivity contribution in [2.75, 3.05) is 18.8 Å². The molecule has 0 saturated carbocycles. The molecule has 0 aliphatic rings. The lowest BCUT2D eigenvalue weighted by Crippen LogP contribution is -2.51. The van der Waals surface area contributed by atoms with Crippen LogP contribution in [-0.4, -0.2) is 54.8 Å². The van der Waals surface area contributed by atoms with Crippen LogP contribution >= 0.6 is 0 Å². The zero-order chi connectivity index (χ0) is 25.4. The highest BCUT2D eigenvalue weighted by Gasteiger charge is 2.31. The van der Waals surface area contributed by atoms with Crippen molar-refractivity contribution in [3.05, 3.63) is 60.2 Å². The lowest BCUT2D eigenvalue weighted by atomic mass is 10.0. The van der Waals surface area contributed by atoms with Gasteiger partial charge in [0.05, 0.1) is 23.1 Å². The predicted molar refractivity (Wildman–Crippen MR) is 129 cm³/mol. The molecular formula is C24H32N4O5S. The number of sulfonamides is 1. The van der Waals surface area contributed by atoms with Crippen LogP contribution in [0.25, 0.3) is 0 Å². The van der Waals surface area contributed by atoms with Gasteiger partial charge in [-0.3, -0.25) is 0 Å². The Morgan fingerprint density at radius 2 is 1.88 bits per heavy atom. The first kappa shape index (κ1) is 27.1. The van der Waals surface area contributed by atoms with E-state index in [1.54, 1.807) is 26.8 Å². The number of benzene rings is 2. The van der Waals surface area contributed by atoms with Crippen LogP contribution in [0, 0.1) is 11.3 Å². The van der Waals surface area contributed by atoms with Gasteiger partial charge in [0.15, 0.2) is 0 Å². The topological polar surface area (TPSA) is 146 Å². The molecule has 2 aromatic rings. The second-order valence-electron chi connectivity index (χ2n) is 8.85. The Balaban J connectivity index is 2.31. The molecular weight excluding hydrogens is 456 g/mol. The minimum Gasteiger partial charge on any atom is -0.444 e. The van der Waals surface area contributed by atoms with E-state index < -0.39 is 33.9 Å². The molecule has 10 heteroatoms. The molecule has 1 amide bonds. The molecule has 0 bridgehead atoms. The summed E-state index contributed by atoms with van der Waals surface area (Å²) in [6, 6.07) is 16.1. The minimum absolute atomic E-state index is 0.0441. The molecule has 0 saturated heterocycles. The van der Waals surface area contributed by atoms with Crippen molar-refractivity contribution in [3.63, 3.8) is 0 Å². The minimum atomic E-state index is -4.06. The third kappa shape index (κ3) is 8.33. The first-order valence-corrected chi connectivity index (χ1v) is 12.3. The summed E-state index contributed by atoms with van der Waals surface area (Å²) in [7, 11) is -4.06. The van der Waals surface area contributed by atoms with Crippen molar-refractivity contribution in [2.24, 2.45) is 0 Å². The molecule has 2 atom stereocenters. The summed E-state index contributed by atoms with van der Waals surface area (Å²) < 4.78 is 32.9. The lowest BCUT2D eigenvalue weighted by Gasteiger charge is -2.30. The fourth-order valence-electron chi connectivity index (χ4n) is 3.25. The number of carbonyl (C=O) groups is 1. The van der Waals surface area contributed by atoms with Gasteiger partial charge in [-0.05, 0) is 51.0 Å². The van der Waals surface area contributed by atoms with Gasteiger partial charge in [0.25, 0.3) is 0 Å². The van der Waals surface area contributed by atoms with E-state index in [9.17, 15) is 18.3 Å². The summed E-state index contributed by atoms with van der Waals surface area (Å²) in [6.45, 7) is 4.69. The molecule has 0 aromatic heterocycles. The average molecular weight is 489 g/mol. The monoisotopic (exact) mass is 488 g/mol. The number of nitrogens with two attached hydrogens (primary N) is 1. The molecule has 0 unspecified atom stereocenters. The molecule has 184 valence electrons. The van der Waals surface area contributed by atoms with Gasteiger partial charge >= 0.3 is 6.09 Å². The number of nitrogens with one attached hydrogen (secondary N) is 1. The zero-order valence-corrected chi connectivity index (χ0v) is 20.5. The van der Waals surface area contributed by atoms with Crippen LogP contribution in [0.15, 0.2) is 59.5 Å². The third-order valence-corrected chi connectivity index (χ3v) is 6.69. The second-order valence-corrected chi connectivity index (χ2v) is 10.8. The number of anilines is 1. The summed E-state index contributed by atoms with van der Waals surface area (Å²) in [5.41, 5.74) is 6.11. The number of nitriles is 1. The number of aliphatic hydroxyl groups is 1. The first-order chi connectivity index (χ1) is 15.9. The number of nitrogens with zero attached hydrogens (tertiary/aromatic N) is 2. The third-order valence-electron chi connectivity index (χ3n) is 4.82. The van der Waals surface area contributed by atoms with E-state index in [4.69, 9.17) is 15.7 Å². The number of nitrogen functional groups attached to an aromatic ring is 1. The fourth-order valence-corrected chi connectivity index (χ4v) is 4.77. The van der Waals surface area contributed by atoms with E-state index >= 15 is 0 Å². The Labute approximate surface area is 201 Å². The van der Waals surface area contributed by atoms with Gasteiger partial charge < -0.3 is 20.9 Å². The van der Waals surface area contributed by atoms with Crippen LogP contribution in [0.3, 0.4) is 0 Å². The molecule has 0 radical (unpaired) electrons. The molecule has 9 nitrogen and oxygen atoms in total. The lowest BCUT2D eigenvalue weighted by molar-refractivity contribution is 0.0403. The average Bonchev–Trinajstić information content (AvgIpc) is 2.75. The highest BCUT2D eigenvalue weighted by molar-refractivity contribution is 7.89. The molecule has 0 aliphatic carbocycles. The summed E-state index contributed by atoms with van der Waals surface area (Å²) in [5, 5.41) is 22.8. The predicted octanol–water partition coefficient (Wildman–Crippen LogP) is 2.67. The van der Waals surface area contributed by atoms with Gasteiger partial charge in [-0.25, -0.2) is 13.2 Å². The van der Waals surface area contributed by atoms with Gasteiger partial charge in [-0.1, -0.05) is 36.4 Å². The Hall–Kier alpha value is -3.13. The Morgan fingerprint density at radius 3 is 2.47 bits per heavy atom. The van der Waals surface area contributed by atoms with E-state index in [1.165, 1.54) is 18.2 Å². The van der Waals surface area contributed by atoms with Crippen LogP contribution in [-0.2, 0) is 21.2 Å². The largest absolute Gasteiger partial charge is 0.444 e. The number of ether oxygens (including phenoxy) is 1. The molecule has 0 aliphatic heterocycles. The fraction of sp³-hybridized carbons (Fsp3) is 0.417. The number of amides is 1. The van der Waals surface area contributed by atoms with E-state index in [1.807, 2.05) is 36.4 Å². The van der Waals surface area contributed by atoms with Crippen molar-refractivity contribution < 1.29 is 23.1 Å². The molecule has 34 heavy (non-hydrogen) atoms. The van der Waals surface area contributed by atoms with Gasteiger partial charge in [0.2, 0.25) is 10.0 Å². The van der Waals surface area contributed by atoms with E-state index in [0.29, 0.717) is 0 Å². The Kier molecular flexibility index (Phi) is 9.44. The number of hydrogen-bond donors (Lipinski definition) is 3. The van der Waals surface area contributed by atoms with Crippen molar-refractivity contribution in [2.45, 2.75) is 56.3 Å². The summed E-state index contributed by atoms with van der Waals surface area (Å²) in [4.78, 5) is 12.4. The normalized spacial score (nSPS) is 13.6. The van der Waals surface area contributed by atoms with Crippen molar-refractivity contribution in [1.29, 1.82) is 5.26 Å². The van der Waals surface area contributed by atoms with Gasteiger partial charge in [0, 0.05) is 25.2 Å². The smallest absolute Gasteiger partial charge is 0.407 e. The highest BCUT2D eigenvalue weighted by atomic mass is 32.2. The van der Waals surface area contributed by atoms with Crippen LogP contribution in [0.5, 0.6) is 0 Å². The molecule has 2 rings (SSSR count). The van der Waals surface area contributed by atoms with Gasteiger partial charge in [0.1, 0.15) is 5.60 Å². The Bertz CT molecular complexity index is 1090. The molecule has 0 heterocycles. The van der Waals surface area contributed by atoms with Crippen molar-refractivity contribution in [1.82, 2.24) is 9.62 Å². The number of aliphatic hydroxyl groups excluding tert-OH is 1. The maximum Gasteiger partial charge on any atom is 0.407 e. The Morgan fingerprint density at radius 1 is 1.21 bits per heavy atom. The quantitative estimate of drug-likeness (QED) is 0.436. The highest BCUT2D eigenvalue weighted by Crippen LogP contribution is 2.20. The van der Waals surface area contributed by atoms with Crippen LogP contribution in [0.1, 0.15) is 32.8 Å². The van der Waals surface area contributed by atoms with Gasteiger partial charge in [-0.15, -0.1) is 0 Å². The van der Waals surface area contributed by atoms with Crippen LogP contribution < -0.4 is 11.1 Å². The maximum absolute atomic E-state index is 13.3. The zero-order valence-electron chi connectivity index (χ0n) is 19.6. The number of rotatable bonds is 10. The van der Waals surface area contributed by atoms with Crippen molar-refractivity contribution in [3.8, 4) is 6.07 Å². The summed E-state index contributed by atoms with van der Waals surface area (Å²) in [6.07, 6.45) is -1.85. The van der Waals surface area contributed by atoms with E-state index in [-0.39, 0.29) is 36.5 Å². The number of alkyl carbamates (subject to hydrolysis) is 1. The van der Waals surface area contributed by atoms with Crippen LogP contribution in [0.2, 0.25) is 0 Å². The molecule has 0 fully saturated rings. The van der Waals surface area contributed by atoms with Gasteiger partial charge in [-0.2, -0.15) is 9.57 Å². The summed E-state index contributed by atoms with van der Waals surface area (Å²) >= 11 is 0. The molecule has 4 N–H and O–H groups in total. The second kappa shape index (κ2) is 11.8. The summed E-state index contributed by atoms with van der Waals surface area (Å²) in [5.74, 6) is 0. The van der Waals surface area contributed by atoms with E-state index in [2.05, 4.69) is 5.32 Å². The van der Waals surface area contributed by atoms with Crippen molar-refractivity contribution >= 4 is 21.8 Å². The number of hydrogen-bond acceptors (Lipinski definition) is 7. The number of carbonyl (C=O) groups excluding carboxylic acids is 1. The van der Waals surface area contributed by atoms with Crippen LogP contribution in [0.4, 0.5) is 10.5 Å².